The third-order valence-corrected chi connectivity index (χ3v) is 2.92. The monoisotopic (exact) mass is 200 g/mol. The molecular formula is C10H16O4. The van der Waals surface area contributed by atoms with Gasteiger partial charge in [-0.1, -0.05) is 0 Å². The molecule has 0 aliphatic carbocycles. The molecule has 4 nitrogen and oxygen atoms in total. The highest BCUT2D eigenvalue weighted by Gasteiger charge is 2.45. The van der Waals surface area contributed by atoms with Crippen LogP contribution in [0.15, 0.2) is 11.8 Å². The van der Waals surface area contributed by atoms with Crippen molar-refractivity contribution in [1.82, 2.24) is 0 Å². The number of aliphatic hydroxyl groups is 1. The Morgan fingerprint density at radius 1 is 1.57 bits per heavy atom. The normalized spacial score (nSPS) is 34.0. The molecule has 0 saturated carbocycles. The molecule has 1 N–H and O–H groups in total. The van der Waals surface area contributed by atoms with Gasteiger partial charge < -0.3 is 19.3 Å². The van der Waals surface area contributed by atoms with Crippen molar-refractivity contribution < 1.29 is 19.3 Å². The summed E-state index contributed by atoms with van der Waals surface area (Å²) in [5, 5.41) is 10.1. The van der Waals surface area contributed by atoms with E-state index < -0.39 is 11.7 Å². The zero-order chi connectivity index (χ0) is 10.0. The average Bonchev–Trinajstić information content (AvgIpc) is 2.89. The Morgan fingerprint density at radius 2 is 2.43 bits per heavy atom. The molecule has 0 aromatic heterocycles. The molecule has 2 rings (SSSR count). The van der Waals surface area contributed by atoms with E-state index in [0.717, 1.165) is 6.42 Å². The van der Waals surface area contributed by atoms with Crippen molar-refractivity contribution in [3.05, 3.63) is 11.8 Å². The van der Waals surface area contributed by atoms with Gasteiger partial charge in [-0.3, -0.25) is 0 Å². The van der Waals surface area contributed by atoms with Crippen molar-refractivity contribution in [3.8, 4) is 0 Å². The van der Waals surface area contributed by atoms with Crippen LogP contribution in [0.5, 0.6) is 0 Å². The fourth-order valence-electron chi connectivity index (χ4n) is 1.94. The molecule has 80 valence electrons. The molecule has 0 bridgehead atoms. The predicted molar refractivity (Wildman–Crippen MR) is 49.8 cm³/mol. The summed E-state index contributed by atoms with van der Waals surface area (Å²) in [7, 11) is 1.60. The first kappa shape index (κ1) is 9.96. The number of rotatable bonds is 3. The zero-order valence-corrected chi connectivity index (χ0v) is 8.36. The number of methoxy groups -OCH3 is 1. The van der Waals surface area contributed by atoms with E-state index in [1.807, 2.05) is 6.08 Å². The number of aliphatic hydroxyl groups excluding tert-OH is 1. The van der Waals surface area contributed by atoms with Crippen LogP contribution in [0, 0.1) is 0 Å². The summed E-state index contributed by atoms with van der Waals surface area (Å²) >= 11 is 0. The van der Waals surface area contributed by atoms with Gasteiger partial charge >= 0.3 is 0 Å². The molecule has 0 aromatic carbocycles. The van der Waals surface area contributed by atoms with Crippen LogP contribution in [-0.4, -0.2) is 43.7 Å². The third kappa shape index (κ3) is 1.54. The molecule has 1 fully saturated rings. The van der Waals surface area contributed by atoms with E-state index in [4.69, 9.17) is 14.2 Å². The van der Waals surface area contributed by atoms with Gasteiger partial charge in [-0.05, 0) is 6.08 Å². The Kier molecular flexibility index (Phi) is 2.76. The van der Waals surface area contributed by atoms with Gasteiger partial charge in [-0.15, -0.1) is 0 Å². The summed E-state index contributed by atoms with van der Waals surface area (Å²) in [5.74, 6) is 0.636. The lowest BCUT2D eigenvalue weighted by atomic mass is 9.94. The molecule has 0 spiro atoms. The lowest BCUT2D eigenvalue weighted by molar-refractivity contribution is -0.103. The molecule has 0 radical (unpaired) electrons. The van der Waals surface area contributed by atoms with Crippen LogP contribution < -0.4 is 0 Å². The van der Waals surface area contributed by atoms with Gasteiger partial charge in [-0.2, -0.15) is 0 Å². The van der Waals surface area contributed by atoms with Crippen molar-refractivity contribution in [2.24, 2.45) is 0 Å². The van der Waals surface area contributed by atoms with E-state index in [2.05, 4.69) is 0 Å². The van der Waals surface area contributed by atoms with E-state index >= 15 is 0 Å². The maximum Gasteiger partial charge on any atom is 0.142 e. The van der Waals surface area contributed by atoms with E-state index in [1.54, 1.807) is 7.11 Å². The molecule has 2 unspecified atom stereocenters. The van der Waals surface area contributed by atoms with Crippen LogP contribution in [0.4, 0.5) is 0 Å². The minimum Gasteiger partial charge on any atom is -0.495 e. The van der Waals surface area contributed by atoms with Crippen LogP contribution in [0.2, 0.25) is 0 Å². The summed E-state index contributed by atoms with van der Waals surface area (Å²) < 4.78 is 16.0. The first-order valence-electron chi connectivity index (χ1n) is 4.92. The second-order valence-electron chi connectivity index (χ2n) is 3.72. The highest BCUT2D eigenvalue weighted by Crippen LogP contribution is 2.32. The average molecular weight is 200 g/mol. The van der Waals surface area contributed by atoms with E-state index in [1.165, 1.54) is 0 Å². The number of hydrogen-bond acceptors (Lipinski definition) is 4. The first-order chi connectivity index (χ1) is 6.78. The Labute approximate surface area is 83.5 Å². The molecule has 4 heteroatoms. The molecule has 2 aliphatic rings. The molecular weight excluding hydrogens is 184 g/mol. The summed E-state index contributed by atoms with van der Waals surface area (Å²) in [6, 6.07) is 0. The van der Waals surface area contributed by atoms with Gasteiger partial charge in [0.15, 0.2) is 0 Å². The summed E-state index contributed by atoms with van der Waals surface area (Å²) in [6.07, 6.45) is 2.81. The molecule has 2 heterocycles. The fraction of sp³-hybridized carbons (Fsp3) is 0.800. The Balaban J connectivity index is 2.10. The predicted octanol–water partition coefficient (Wildman–Crippen LogP) is 0.457. The molecule has 0 amide bonds. The van der Waals surface area contributed by atoms with Crippen molar-refractivity contribution >= 4 is 0 Å². The number of hydrogen-bond donors (Lipinski definition) is 1. The summed E-state index contributed by atoms with van der Waals surface area (Å²) in [4.78, 5) is 0. The van der Waals surface area contributed by atoms with Gasteiger partial charge in [0.05, 0.1) is 13.2 Å². The largest absolute Gasteiger partial charge is 0.495 e. The smallest absolute Gasteiger partial charge is 0.142 e. The van der Waals surface area contributed by atoms with E-state index in [-0.39, 0.29) is 0 Å². The highest BCUT2D eigenvalue weighted by atomic mass is 16.6. The maximum atomic E-state index is 10.1. The highest BCUT2D eigenvalue weighted by molar-refractivity contribution is 5.12. The van der Waals surface area contributed by atoms with Crippen molar-refractivity contribution in [3.63, 3.8) is 0 Å². The topological polar surface area (TPSA) is 47.9 Å². The van der Waals surface area contributed by atoms with Crippen LogP contribution in [0.3, 0.4) is 0 Å². The SMILES string of the molecule is COC1(C(O)C2=CCCO2)CCOC1. The fourth-order valence-corrected chi connectivity index (χ4v) is 1.94. The second kappa shape index (κ2) is 3.88. The molecule has 0 aromatic rings. The third-order valence-electron chi connectivity index (χ3n) is 2.92. The first-order valence-corrected chi connectivity index (χ1v) is 4.92. The van der Waals surface area contributed by atoms with Gasteiger partial charge in [-0.25, -0.2) is 0 Å². The summed E-state index contributed by atoms with van der Waals surface area (Å²) in [5.41, 5.74) is -0.601. The Morgan fingerprint density at radius 3 is 2.93 bits per heavy atom. The lowest BCUT2D eigenvalue weighted by Gasteiger charge is -2.31. The van der Waals surface area contributed by atoms with Gasteiger partial charge in [0, 0.05) is 26.6 Å². The standard InChI is InChI=1S/C10H16O4/c1-12-10(4-6-13-7-10)9(11)8-3-2-5-14-8/h3,9,11H,2,4-7H2,1H3. The lowest BCUT2D eigenvalue weighted by Crippen LogP contribution is -2.46. The van der Waals surface area contributed by atoms with Gasteiger partial charge in [0.2, 0.25) is 0 Å². The summed E-state index contributed by atoms with van der Waals surface area (Å²) in [6.45, 7) is 1.73. The number of ether oxygens (including phenoxy) is 3. The van der Waals surface area contributed by atoms with Gasteiger partial charge in [0.1, 0.15) is 17.5 Å². The second-order valence-corrected chi connectivity index (χ2v) is 3.72. The minimum absolute atomic E-state index is 0.436. The molecule has 1 saturated heterocycles. The van der Waals surface area contributed by atoms with E-state index in [0.29, 0.717) is 32.0 Å². The van der Waals surface area contributed by atoms with Crippen molar-refractivity contribution in [1.29, 1.82) is 0 Å². The van der Waals surface area contributed by atoms with Crippen LogP contribution >= 0.6 is 0 Å². The van der Waals surface area contributed by atoms with Crippen LogP contribution in [0.1, 0.15) is 12.8 Å². The molecule has 2 atom stereocenters. The maximum absolute atomic E-state index is 10.1. The van der Waals surface area contributed by atoms with Crippen molar-refractivity contribution in [2.75, 3.05) is 26.9 Å². The van der Waals surface area contributed by atoms with Crippen LogP contribution in [0.25, 0.3) is 0 Å². The quantitative estimate of drug-likeness (QED) is 0.719. The Bertz CT molecular complexity index is 230. The molecule has 14 heavy (non-hydrogen) atoms. The Hall–Kier alpha value is -0.580. The molecule has 2 aliphatic heterocycles. The van der Waals surface area contributed by atoms with Crippen LogP contribution in [-0.2, 0) is 14.2 Å². The minimum atomic E-state index is -0.697. The van der Waals surface area contributed by atoms with E-state index in [9.17, 15) is 5.11 Å². The van der Waals surface area contributed by atoms with Crippen molar-refractivity contribution in [2.45, 2.75) is 24.5 Å². The zero-order valence-electron chi connectivity index (χ0n) is 8.36. The van der Waals surface area contributed by atoms with Gasteiger partial charge in [0.25, 0.3) is 0 Å².